The molecule has 2 heterocycles. The largest absolute Gasteiger partial charge is 0.432 e. The predicted octanol–water partition coefficient (Wildman–Crippen LogP) is -1.65. The van der Waals surface area contributed by atoms with Crippen LogP contribution in [0.4, 0.5) is 0 Å². The van der Waals surface area contributed by atoms with E-state index in [1.165, 1.54) is 0 Å². The fraction of sp³-hybridized carbons (Fsp3) is 0.906. The van der Waals surface area contributed by atoms with Gasteiger partial charge in [0.05, 0.1) is 29.8 Å². The van der Waals surface area contributed by atoms with Crippen molar-refractivity contribution < 1.29 is 69.7 Å². The van der Waals surface area contributed by atoms with Gasteiger partial charge in [0.25, 0.3) is 0 Å². The summed E-state index contributed by atoms with van der Waals surface area (Å²) >= 11 is 0. The van der Waals surface area contributed by atoms with Crippen molar-refractivity contribution in [3.63, 3.8) is 0 Å². The summed E-state index contributed by atoms with van der Waals surface area (Å²) in [6.45, 7) is 6.91. The van der Waals surface area contributed by atoms with Crippen LogP contribution in [-0.2, 0) is 23.7 Å². The lowest BCUT2D eigenvalue weighted by molar-refractivity contribution is -0.336. The van der Waals surface area contributed by atoms with Crippen LogP contribution < -0.4 is 0 Å². The normalized spacial score (nSPS) is 55.4. The predicted molar refractivity (Wildman–Crippen MR) is 155 cm³/mol. The van der Waals surface area contributed by atoms with Crippen LogP contribution in [0.5, 0.6) is 0 Å². The Morgan fingerprint density at radius 1 is 0.826 bits per heavy atom. The summed E-state index contributed by atoms with van der Waals surface area (Å²) in [6.07, 6.45) is -10.7. The van der Waals surface area contributed by atoms with E-state index in [2.05, 4.69) is 6.58 Å². The molecule has 16 unspecified atom stereocenters. The number of fused-ring (bicyclic) bond motifs is 3. The van der Waals surface area contributed by atoms with E-state index in [4.69, 9.17) is 18.9 Å². The van der Waals surface area contributed by atoms with Crippen LogP contribution in [0.15, 0.2) is 12.2 Å². The molecular formula is C32H50O14. The van der Waals surface area contributed by atoms with Gasteiger partial charge in [-0.25, -0.2) is 0 Å². The Kier molecular flexibility index (Phi) is 8.77. The Balaban J connectivity index is 1.24. The van der Waals surface area contributed by atoms with E-state index in [0.717, 1.165) is 5.57 Å². The van der Waals surface area contributed by atoms with Crippen LogP contribution in [0.1, 0.15) is 71.6 Å². The van der Waals surface area contributed by atoms with Crippen LogP contribution in [-0.4, -0.2) is 138 Å². The fourth-order valence-corrected chi connectivity index (χ4v) is 10.4. The van der Waals surface area contributed by atoms with Gasteiger partial charge in [0.2, 0.25) is 6.29 Å². The standard InChI is InChI=1S/C32H50O14/c1-15-11-30-8-5-18-28(2,27(41)45-25-23(39)21(37)19(35)16(12-33)43-25)6-4-7-29(18,3)32(30,42)10-9-31(15,14-30)46-26-24(40)22(38)20(36)17(13-34)44-26/h16-26,33-40,42H,1,4-14H2,2-3H3. The maximum absolute atomic E-state index is 14.0. The Labute approximate surface area is 267 Å². The highest BCUT2D eigenvalue weighted by Gasteiger charge is 2.75. The van der Waals surface area contributed by atoms with E-state index in [0.29, 0.717) is 57.8 Å². The second-order valence-corrected chi connectivity index (χ2v) is 15.3. The number of hydrogen-bond donors (Lipinski definition) is 9. The fourth-order valence-electron chi connectivity index (χ4n) is 10.4. The van der Waals surface area contributed by atoms with Gasteiger partial charge < -0.3 is 64.9 Å². The molecule has 6 rings (SSSR count). The molecule has 2 aliphatic heterocycles. The van der Waals surface area contributed by atoms with Gasteiger partial charge >= 0.3 is 5.97 Å². The van der Waals surface area contributed by atoms with Crippen LogP contribution in [0.25, 0.3) is 0 Å². The van der Waals surface area contributed by atoms with Crippen LogP contribution in [0.2, 0.25) is 0 Å². The first-order valence-corrected chi connectivity index (χ1v) is 16.4. The number of hydrogen-bond acceptors (Lipinski definition) is 14. The Hall–Kier alpha value is -1.27. The van der Waals surface area contributed by atoms with Crippen LogP contribution in [0, 0.1) is 22.2 Å². The number of aliphatic hydroxyl groups excluding tert-OH is 8. The molecule has 46 heavy (non-hydrogen) atoms. The van der Waals surface area contributed by atoms with E-state index >= 15 is 0 Å². The van der Waals surface area contributed by atoms with E-state index in [9.17, 15) is 50.8 Å². The van der Waals surface area contributed by atoms with Gasteiger partial charge in [0.1, 0.15) is 48.8 Å². The third-order valence-electron chi connectivity index (χ3n) is 13.1. The zero-order valence-corrected chi connectivity index (χ0v) is 26.4. The maximum atomic E-state index is 14.0. The van der Waals surface area contributed by atoms with Crippen molar-refractivity contribution in [2.45, 2.75) is 144 Å². The third-order valence-corrected chi connectivity index (χ3v) is 13.1. The lowest BCUT2D eigenvalue weighted by atomic mass is 9.38. The topological polar surface area (TPSA) is 236 Å². The molecular weight excluding hydrogens is 608 g/mol. The summed E-state index contributed by atoms with van der Waals surface area (Å²) in [5, 5.41) is 94.3. The Morgan fingerprint density at radius 2 is 1.41 bits per heavy atom. The summed E-state index contributed by atoms with van der Waals surface area (Å²) in [6, 6.07) is 0. The number of carbonyl (C=O) groups is 1. The minimum atomic E-state index is -1.72. The molecule has 4 aliphatic carbocycles. The summed E-state index contributed by atoms with van der Waals surface area (Å²) in [4.78, 5) is 14.0. The number of aliphatic hydroxyl groups is 9. The lowest BCUT2D eigenvalue weighted by Crippen LogP contribution is -2.70. The Morgan fingerprint density at radius 3 is 2.02 bits per heavy atom. The van der Waals surface area contributed by atoms with Crippen molar-refractivity contribution in [3.05, 3.63) is 12.2 Å². The first kappa shape index (κ1) is 34.6. The number of rotatable bonds is 6. The highest BCUT2D eigenvalue weighted by Crippen LogP contribution is 2.75. The van der Waals surface area contributed by atoms with Crippen LogP contribution in [0.3, 0.4) is 0 Å². The first-order valence-electron chi connectivity index (χ1n) is 16.4. The van der Waals surface area contributed by atoms with Gasteiger partial charge in [-0.15, -0.1) is 0 Å². The quantitative estimate of drug-likeness (QED) is 0.0884. The molecule has 14 heteroatoms. The van der Waals surface area contributed by atoms with E-state index in [1.807, 2.05) is 6.92 Å². The first-order chi connectivity index (χ1) is 21.5. The minimum Gasteiger partial charge on any atom is -0.432 e. The second kappa shape index (κ2) is 11.7. The van der Waals surface area contributed by atoms with E-state index in [1.54, 1.807) is 6.92 Å². The minimum absolute atomic E-state index is 0.300. The molecule has 0 aromatic heterocycles. The second-order valence-electron chi connectivity index (χ2n) is 15.3. The number of esters is 1. The molecule has 16 atom stereocenters. The maximum Gasteiger partial charge on any atom is 0.314 e. The Bertz CT molecular complexity index is 1200. The summed E-state index contributed by atoms with van der Waals surface area (Å²) < 4.78 is 23.2. The lowest BCUT2D eigenvalue weighted by Gasteiger charge is -2.68. The van der Waals surface area contributed by atoms with Crippen LogP contribution >= 0.6 is 0 Å². The smallest absolute Gasteiger partial charge is 0.314 e. The molecule has 0 aromatic carbocycles. The van der Waals surface area contributed by atoms with Crippen molar-refractivity contribution in [3.8, 4) is 0 Å². The molecule has 1 spiro atoms. The van der Waals surface area contributed by atoms with Crippen molar-refractivity contribution >= 4 is 5.97 Å². The van der Waals surface area contributed by atoms with Gasteiger partial charge in [-0.3, -0.25) is 4.79 Å². The van der Waals surface area contributed by atoms with Crippen molar-refractivity contribution in [1.82, 2.24) is 0 Å². The van der Waals surface area contributed by atoms with Crippen molar-refractivity contribution in [1.29, 1.82) is 0 Å². The number of carbonyl (C=O) groups excluding carboxylic acids is 1. The van der Waals surface area contributed by atoms with Gasteiger partial charge in [-0.2, -0.15) is 0 Å². The molecule has 9 N–H and O–H groups in total. The molecule has 0 radical (unpaired) electrons. The monoisotopic (exact) mass is 658 g/mol. The molecule has 262 valence electrons. The van der Waals surface area contributed by atoms with Gasteiger partial charge in [-0.05, 0) is 69.8 Å². The summed E-state index contributed by atoms with van der Waals surface area (Å²) in [5.74, 6) is -0.978. The van der Waals surface area contributed by atoms with E-state index in [-0.39, 0.29) is 5.92 Å². The molecule has 6 aliphatic rings. The highest BCUT2D eigenvalue weighted by molar-refractivity contribution is 5.77. The molecule has 0 aromatic rings. The summed E-state index contributed by atoms with van der Waals surface area (Å²) in [5.41, 5.74) is -3.99. The molecule has 4 saturated carbocycles. The highest BCUT2D eigenvalue weighted by atomic mass is 16.7. The molecule has 14 nitrogen and oxygen atoms in total. The molecule has 0 amide bonds. The molecule has 2 saturated heterocycles. The van der Waals surface area contributed by atoms with Crippen molar-refractivity contribution in [2.75, 3.05) is 13.2 Å². The zero-order valence-electron chi connectivity index (χ0n) is 26.4. The average molecular weight is 659 g/mol. The SMILES string of the molecule is C=C1CC23CCC4C(C)(C(=O)OC5OC(CO)C(O)C(O)C5O)CCCC4(C)C2(O)CCC1(OC1OC(CO)C(O)C(O)C1O)C3. The number of ether oxygens (including phenoxy) is 4. The van der Waals surface area contributed by atoms with Gasteiger partial charge in [0.15, 0.2) is 6.29 Å². The van der Waals surface area contributed by atoms with Crippen molar-refractivity contribution in [2.24, 2.45) is 22.2 Å². The zero-order chi connectivity index (χ0) is 33.6. The molecule has 6 fully saturated rings. The van der Waals surface area contributed by atoms with E-state index < -0.39 is 108 Å². The van der Waals surface area contributed by atoms with Gasteiger partial charge in [-0.1, -0.05) is 19.9 Å². The molecule has 2 bridgehead atoms. The van der Waals surface area contributed by atoms with Gasteiger partial charge in [0, 0.05) is 10.8 Å². The average Bonchev–Trinajstić information content (AvgIpc) is 3.26. The summed E-state index contributed by atoms with van der Waals surface area (Å²) in [7, 11) is 0. The third kappa shape index (κ3) is 4.71.